The van der Waals surface area contributed by atoms with Gasteiger partial charge in [0, 0.05) is 31.1 Å². The number of amides is 2. The highest BCUT2D eigenvalue weighted by atomic mass is 19.4. The summed E-state index contributed by atoms with van der Waals surface area (Å²) in [5.41, 5.74) is -0.916. The van der Waals surface area contributed by atoms with Gasteiger partial charge in [-0.3, -0.25) is 9.59 Å². The number of halogens is 4. The van der Waals surface area contributed by atoms with Crippen molar-refractivity contribution in [1.29, 1.82) is 0 Å². The second kappa shape index (κ2) is 7.38. The van der Waals surface area contributed by atoms with Crippen molar-refractivity contribution in [3.8, 4) is 0 Å². The molecular weight excluding hydrogens is 364 g/mol. The lowest BCUT2D eigenvalue weighted by atomic mass is 10.1. The van der Waals surface area contributed by atoms with Crippen LogP contribution in [0.2, 0.25) is 0 Å². The summed E-state index contributed by atoms with van der Waals surface area (Å²) < 4.78 is 52.0. The summed E-state index contributed by atoms with van der Waals surface area (Å²) in [6.45, 7) is 0.361. The fourth-order valence-electron chi connectivity index (χ4n) is 3.05. The first kappa shape index (κ1) is 18.9. The summed E-state index contributed by atoms with van der Waals surface area (Å²) in [6.07, 6.45) is -4.48. The third-order valence-corrected chi connectivity index (χ3v) is 4.37. The molecule has 0 radical (unpaired) electrons. The first-order chi connectivity index (χ1) is 12.8. The molecule has 1 aliphatic rings. The molecule has 8 heteroatoms. The molecule has 1 atom stereocenters. The minimum atomic E-state index is -4.63. The predicted octanol–water partition coefficient (Wildman–Crippen LogP) is 3.63. The summed E-state index contributed by atoms with van der Waals surface area (Å²) >= 11 is 0. The number of anilines is 1. The number of nitrogens with one attached hydrogen (secondary N) is 1. The van der Waals surface area contributed by atoms with Gasteiger partial charge in [0.15, 0.2) is 0 Å². The first-order valence-electron chi connectivity index (χ1n) is 8.26. The normalized spacial score (nSPS) is 17.3. The molecule has 1 N–H and O–H groups in total. The molecular formula is C19H16F4N2O2. The van der Waals surface area contributed by atoms with Gasteiger partial charge in [-0.05, 0) is 36.4 Å². The fraction of sp³-hybridized carbons (Fsp3) is 0.263. The average molecular weight is 380 g/mol. The molecule has 3 rings (SSSR count). The molecule has 2 aromatic rings. The van der Waals surface area contributed by atoms with Crippen molar-refractivity contribution in [2.45, 2.75) is 12.6 Å². The summed E-state index contributed by atoms with van der Waals surface area (Å²) in [5.74, 6) is -1.69. The van der Waals surface area contributed by atoms with Gasteiger partial charge in [-0.1, -0.05) is 12.1 Å². The molecule has 0 bridgehead atoms. The van der Waals surface area contributed by atoms with Crippen LogP contribution in [0.5, 0.6) is 0 Å². The van der Waals surface area contributed by atoms with Crippen LogP contribution in [0.15, 0.2) is 48.5 Å². The third-order valence-electron chi connectivity index (χ3n) is 4.37. The molecule has 1 saturated heterocycles. The van der Waals surface area contributed by atoms with E-state index in [1.165, 1.54) is 41.3 Å². The van der Waals surface area contributed by atoms with Crippen molar-refractivity contribution < 1.29 is 27.2 Å². The lowest BCUT2D eigenvalue weighted by Crippen LogP contribution is -2.32. The molecule has 1 heterocycles. The Bertz CT molecular complexity index is 850. The molecule has 1 fully saturated rings. The highest BCUT2D eigenvalue weighted by Crippen LogP contribution is 2.32. The van der Waals surface area contributed by atoms with E-state index in [-0.39, 0.29) is 24.8 Å². The fourth-order valence-corrected chi connectivity index (χ4v) is 3.05. The van der Waals surface area contributed by atoms with Crippen LogP contribution in [0.3, 0.4) is 0 Å². The van der Waals surface area contributed by atoms with Crippen LogP contribution in [0, 0.1) is 11.7 Å². The largest absolute Gasteiger partial charge is 0.417 e. The lowest BCUT2D eigenvalue weighted by molar-refractivity contribution is -0.138. The van der Waals surface area contributed by atoms with Crippen molar-refractivity contribution in [2.24, 2.45) is 5.92 Å². The number of nitrogens with zero attached hydrogens (tertiary/aromatic N) is 1. The quantitative estimate of drug-likeness (QED) is 0.824. The maximum atomic E-state index is 13.0. The number of hydrogen-bond acceptors (Lipinski definition) is 2. The monoisotopic (exact) mass is 380 g/mol. The number of alkyl halides is 3. The molecule has 1 aliphatic heterocycles. The number of rotatable bonds is 4. The Balaban J connectivity index is 1.64. The van der Waals surface area contributed by atoms with E-state index in [1.807, 2.05) is 0 Å². The van der Waals surface area contributed by atoms with Crippen molar-refractivity contribution in [3.63, 3.8) is 0 Å². The van der Waals surface area contributed by atoms with Crippen LogP contribution in [-0.2, 0) is 11.0 Å². The number of carbonyl (C=O) groups excluding carboxylic acids is 2. The Hall–Kier alpha value is -2.90. The van der Waals surface area contributed by atoms with Crippen molar-refractivity contribution in [1.82, 2.24) is 5.32 Å². The van der Waals surface area contributed by atoms with Crippen molar-refractivity contribution in [3.05, 3.63) is 65.5 Å². The van der Waals surface area contributed by atoms with Gasteiger partial charge in [0.2, 0.25) is 5.91 Å². The summed E-state index contributed by atoms with van der Waals surface area (Å²) in [5, 5.41) is 2.48. The zero-order valence-corrected chi connectivity index (χ0v) is 14.1. The van der Waals surface area contributed by atoms with Crippen LogP contribution in [-0.4, -0.2) is 24.9 Å². The van der Waals surface area contributed by atoms with Gasteiger partial charge in [-0.2, -0.15) is 13.2 Å². The third kappa shape index (κ3) is 4.27. The maximum absolute atomic E-state index is 13.0. The van der Waals surface area contributed by atoms with E-state index in [0.717, 1.165) is 12.1 Å². The highest BCUT2D eigenvalue weighted by molar-refractivity contribution is 5.97. The van der Waals surface area contributed by atoms with Gasteiger partial charge < -0.3 is 10.2 Å². The Morgan fingerprint density at radius 1 is 1.11 bits per heavy atom. The van der Waals surface area contributed by atoms with E-state index in [9.17, 15) is 27.2 Å². The zero-order chi connectivity index (χ0) is 19.6. The van der Waals surface area contributed by atoms with E-state index in [1.54, 1.807) is 0 Å². The minimum absolute atomic E-state index is 0.0639. The second-order valence-electron chi connectivity index (χ2n) is 6.30. The number of carbonyl (C=O) groups is 2. The van der Waals surface area contributed by atoms with Crippen molar-refractivity contribution in [2.75, 3.05) is 18.0 Å². The standard InChI is InChI=1S/C19H16F4N2O2/c20-13-5-7-14(8-6-13)25-11-12(9-17(25)26)10-24-18(27)15-3-1-2-4-16(15)19(21,22)23/h1-8,12H,9-11H2,(H,24,27). The van der Waals surface area contributed by atoms with E-state index < -0.39 is 29.0 Å². The Morgan fingerprint density at radius 2 is 1.78 bits per heavy atom. The van der Waals surface area contributed by atoms with E-state index in [0.29, 0.717) is 12.2 Å². The molecule has 27 heavy (non-hydrogen) atoms. The Kier molecular flexibility index (Phi) is 5.16. The van der Waals surface area contributed by atoms with Crippen LogP contribution in [0.4, 0.5) is 23.2 Å². The van der Waals surface area contributed by atoms with Gasteiger partial charge in [-0.25, -0.2) is 4.39 Å². The van der Waals surface area contributed by atoms with Crippen LogP contribution in [0.25, 0.3) is 0 Å². The second-order valence-corrected chi connectivity index (χ2v) is 6.30. The van der Waals surface area contributed by atoms with Gasteiger partial charge in [0.1, 0.15) is 5.82 Å². The molecule has 0 saturated carbocycles. The Labute approximate surface area is 152 Å². The first-order valence-corrected chi connectivity index (χ1v) is 8.26. The number of benzene rings is 2. The molecule has 2 amide bonds. The van der Waals surface area contributed by atoms with Crippen LogP contribution < -0.4 is 10.2 Å². The van der Waals surface area contributed by atoms with E-state index >= 15 is 0 Å². The van der Waals surface area contributed by atoms with Gasteiger partial charge in [-0.15, -0.1) is 0 Å². The molecule has 2 aromatic carbocycles. The molecule has 0 aromatic heterocycles. The maximum Gasteiger partial charge on any atom is 0.417 e. The topological polar surface area (TPSA) is 49.4 Å². The predicted molar refractivity (Wildman–Crippen MR) is 90.6 cm³/mol. The lowest BCUT2D eigenvalue weighted by Gasteiger charge is -2.17. The summed E-state index contributed by atoms with van der Waals surface area (Å²) in [6, 6.07) is 9.99. The van der Waals surface area contributed by atoms with E-state index in [4.69, 9.17) is 0 Å². The highest BCUT2D eigenvalue weighted by Gasteiger charge is 2.35. The van der Waals surface area contributed by atoms with Gasteiger partial charge >= 0.3 is 6.18 Å². The van der Waals surface area contributed by atoms with Crippen LogP contribution in [0.1, 0.15) is 22.3 Å². The summed E-state index contributed by atoms with van der Waals surface area (Å²) in [4.78, 5) is 25.8. The van der Waals surface area contributed by atoms with E-state index in [2.05, 4.69) is 5.32 Å². The molecule has 4 nitrogen and oxygen atoms in total. The summed E-state index contributed by atoms with van der Waals surface area (Å²) in [7, 11) is 0. The smallest absolute Gasteiger partial charge is 0.352 e. The molecule has 0 spiro atoms. The zero-order valence-electron chi connectivity index (χ0n) is 14.1. The molecule has 142 valence electrons. The molecule has 0 aliphatic carbocycles. The van der Waals surface area contributed by atoms with Gasteiger partial charge in [0.05, 0.1) is 11.1 Å². The number of hydrogen-bond donors (Lipinski definition) is 1. The van der Waals surface area contributed by atoms with Crippen molar-refractivity contribution >= 4 is 17.5 Å². The molecule has 1 unspecified atom stereocenters. The van der Waals surface area contributed by atoms with Gasteiger partial charge in [0.25, 0.3) is 5.91 Å². The SMILES string of the molecule is O=C(NCC1CC(=O)N(c2ccc(F)cc2)C1)c1ccccc1C(F)(F)F. The average Bonchev–Trinajstić information content (AvgIpc) is 3.00. The minimum Gasteiger partial charge on any atom is -0.352 e. The Morgan fingerprint density at radius 3 is 2.44 bits per heavy atom. The van der Waals surface area contributed by atoms with Crippen LogP contribution >= 0.6 is 0 Å².